The SMILES string of the molecule is CNCC(C)(C)OCCC(C)(C)C(C)=O. The first kappa shape index (κ1) is 14.6. The Labute approximate surface area is 93.6 Å². The van der Waals surface area contributed by atoms with Crippen molar-refractivity contribution in [2.45, 2.75) is 46.6 Å². The molecule has 0 aromatic carbocycles. The summed E-state index contributed by atoms with van der Waals surface area (Å²) in [5, 5.41) is 3.09. The van der Waals surface area contributed by atoms with E-state index in [0.717, 1.165) is 13.0 Å². The maximum absolute atomic E-state index is 11.3. The number of ether oxygens (including phenoxy) is 1. The summed E-state index contributed by atoms with van der Waals surface area (Å²) in [6, 6.07) is 0. The molecule has 0 spiro atoms. The third kappa shape index (κ3) is 5.90. The van der Waals surface area contributed by atoms with Gasteiger partial charge >= 0.3 is 0 Å². The van der Waals surface area contributed by atoms with Crippen molar-refractivity contribution in [1.29, 1.82) is 0 Å². The number of rotatable bonds is 7. The molecule has 0 bridgehead atoms. The Hall–Kier alpha value is -0.410. The summed E-state index contributed by atoms with van der Waals surface area (Å²) in [6.07, 6.45) is 0.773. The summed E-state index contributed by atoms with van der Waals surface area (Å²) in [5.41, 5.74) is -0.433. The molecule has 15 heavy (non-hydrogen) atoms. The molecule has 0 saturated carbocycles. The molecule has 0 amide bonds. The van der Waals surface area contributed by atoms with Gasteiger partial charge in [0.1, 0.15) is 5.78 Å². The zero-order valence-electron chi connectivity index (χ0n) is 10.9. The number of hydrogen-bond donors (Lipinski definition) is 1. The van der Waals surface area contributed by atoms with E-state index in [-0.39, 0.29) is 16.8 Å². The molecule has 0 radical (unpaired) electrons. The molecule has 0 aliphatic carbocycles. The van der Waals surface area contributed by atoms with Crippen molar-refractivity contribution in [1.82, 2.24) is 5.32 Å². The second-order valence-electron chi connectivity index (χ2n) is 5.33. The van der Waals surface area contributed by atoms with Crippen molar-refractivity contribution in [3.8, 4) is 0 Å². The second kappa shape index (κ2) is 5.61. The first-order valence-corrected chi connectivity index (χ1v) is 5.51. The van der Waals surface area contributed by atoms with Crippen LogP contribution in [0.15, 0.2) is 0 Å². The zero-order chi connectivity index (χ0) is 12.1. The molecule has 0 aliphatic rings. The Morgan fingerprint density at radius 2 is 1.80 bits per heavy atom. The largest absolute Gasteiger partial charge is 0.374 e. The number of ketones is 1. The van der Waals surface area contributed by atoms with Crippen LogP contribution in [-0.4, -0.2) is 31.6 Å². The van der Waals surface area contributed by atoms with E-state index in [9.17, 15) is 4.79 Å². The van der Waals surface area contributed by atoms with Crippen LogP contribution >= 0.6 is 0 Å². The maximum atomic E-state index is 11.3. The van der Waals surface area contributed by atoms with Gasteiger partial charge in [-0.3, -0.25) is 4.79 Å². The predicted octanol–water partition coefficient (Wildman–Crippen LogP) is 2.01. The van der Waals surface area contributed by atoms with Crippen LogP contribution in [0.3, 0.4) is 0 Å². The van der Waals surface area contributed by atoms with E-state index in [1.54, 1.807) is 6.92 Å². The van der Waals surface area contributed by atoms with E-state index < -0.39 is 0 Å². The maximum Gasteiger partial charge on any atom is 0.135 e. The first-order chi connectivity index (χ1) is 6.71. The van der Waals surface area contributed by atoms with Gasteiger partial charge in [-0.15, -0.1) is 0 Å². The van der Waals surface area contributed by atoms with Crippen LogP contribution in [-0.2, 0) is 9.53 Å². The Balaban J connectivity index is 3.93. The molecular formula is C12H25NO2. The number of carbonyl (C=O) groups excluding carboxylic acids is 1. The number of likely N-dealkylation sites (N-methyl/N-ethyl adjacent to an activating group) is 1. The summed E-state index contributed by atoms with van der Waals surface area (Å²) < 4.78 is 5.74. The third-order valence-corrected chi connectivity index (χ3v) is 2.78. The van der Waals surface area contributed by atoms with Gasteiger partial charge in [0.2, 0.25) is 0 Å². The topological polar surface area (TPSA) is 38.3 Å². The highest BCUT2D eigenvalue weighted by Crippen LogP contribution is 2.22. The third-order valence-electron chi connectivity index (χ3n) is 2.78. The predicted molar refractivity (Wildman–Crippen MR) is 63.0 cm³/mol. The van der Waals surface area contributed by atoms with Crippen LogP contribution < -0.4 is 5.32 Å². The molecule has 0 rings (SSSR count). The first-order valence-electron chi connectivity index (χ1n) is 5.51. The highest BCUT2D eigenvalue weighted by atomic mass is 16.5. The Kier molecular flexibility index (Phi) is 5.46. The van der Waals surface area contributed by atoms with Gasteiger partial charge in [0.15, 0.2) is 0 Å². The van der Waals surface area contributed by atoms with Crippen molar-refractivity contribution >= 4 is 5.78 Å². The van der Waals surface area contributed by atoms with Crippen molar-refractivity contribution in [3.63, 3.8) is 0 Å². The normalized spacial score (nSPS) is 12.9. The molecule has 0 unspecified atom stereocenters. The van der Waals surface area contributed by atoms with Gasteiger partial charge in [-0.2, -0.15) is 0 Å². The zero-order valence-corrected chi connectivity index (χ0v) is 10.9. The molecule has 0 atom stereocenters. The van der Waals surface area contributed by atoms with E-state index in [0.29, 0.717) is 6.61 Å². The minimum atomic E-state index is -0.268. The molecule has 90 valence electrons. The van der Waals surface area contributed by atoms with Crippen molar-refractivity contribution in [2.24, 2.45) is 5.41 Å². The fraction of sp³-hybridized carbons (Fsp3) is 0.917. The molecule has 0 saturated heterocycles. The average molecular weight is 215 g/mol. The molecule has 1 N–H and O–H groups in total. The minimum absolute atomic E-state index is 0.165. The molecule has 0 fully saturated rings. The van der Waals surface area contributed by atoms with E-state index in [2.05, 4.69) is 5.32 Å². The molecule has 0 aromatic rings. The quantitative estimate of drug-likeness (QED) is 0.706. The van der Waals surface area contributed by atoms with Gasteiger partial charge in [0, 0.05) is 18.6 Å². The average Bonchev–Trinajstić information content (AvgIpc) is 2.02. The van der Waals surface area contributed by atoms with Crippen molar-refractivity contribution in [2.75, 3.05) is 20.2 Å². The van der Waals surface area contributed by atoms with Crippen molar-refractivity contribution < 1.29 is 9.53 Å². The van der Waals surface area contributed by atoms with E-state index in [1.165, 1.54) is 0 Å². The van der Waals surface area contributed by atoms with Crippen LogP contribution in [0.4, 0.5) is 0 Å². The van der Waals surface area contributed by atoms with Gasteiger partial charge in [-0.25, -0.2) is 0 Å². The monoisotopic (exact) mass is 215 g/mol. The molecule has 3 nitrogen and oxygen atoms in total. The van der Waals surface area contributed by atoms with E-state index in [1.807, 2.05) is 34.7 Å². The molecule has 3 heteroatoms. The summed E-state index contributed by atoms with van der Waals surface area (Å²) in [4.78, 5) is 11.3. The summed E-state index contributed by atoms with van der Waals surface area (Å²) >= 11 is 0. The fourth-order valence-corrected chi connectivity index (χ4v) is 1.24. The van der Waals surface area contributed by atoms with Crippen LogP contribution in [0.2, 0.25) is 0 Å². The van der Waals surface area contributed by atoms with Gasteiger partial charge in [0.25, 0.3) is 0 Å². The molecule has 0 aromatic heterocycles. The van der Waals surface area contributed by atoms with Crippen LogP contribution in [0.1, 0.15) is 41.0 Å². The van der Waals surface area contributed by atoms with E-state index >= 15 is 0 Å². The molecule has 0 aliphatic heterocycles. The summed E-state index contributed by atoms with van der Waals surface area (Å²) in [7, 11) is 1.91. The lowest BCUT2D eigenvalue weighted by Crippen LogP contribution is -2.37. The Bertz CT molecular complexity index is 210. The summed E-state index contributed by atoms with van der Waals surface area (Å²) in [5.74, 6) is 0.220. The fourth-order valence-electron chi connectivity index (χ4n) is 1.24. The number of nitrogens with one attached hydrogen (secondary N) is 1. The van der Waals surface area contributed by atoms with Gasteiger partial charge in [0.05, 0.1) is 5.60 Å². The van der Waals surface area contributed by atoms with Crippen LogP contribution in [0.25, 0.3) is 0 Å². The number of carbonyl (C=O) groups is 1. The lowest BCUT2D eigenvalue weighted by molar-refractivity contribution is -0.126. The lowest BCUT2D eigenvalue weighted by Gasteiger charge is -2.28. The van der Waals surface area contributed by atoms with Crippen LogP contribution in [0, 0.1) is 5.41 Å². The smallest absolute Gasteiger partial charge is 0.135 e. The molecular weight excluding hydrogens is 190 g/mol. The lowest BCUT2D eigenvalue weighted by atomic mass is 9.86. The number of Topliss-reactive ketones (excluding diaryl/α,β-unsaturated/α-hetero) is 1. The van der Waals surface area contributed by atoms with Gasteiger partial charge in [-0.05, 0) is 34.2 Å². The Morgan fingerprint density at radius 3 is 2.20 bits per heavy atom. The summed E-state index contributed by atoms with van der Waals surface area (Å²) in [6.45, 7) is 11.1. The molecule has 0 heterocycles. The second-order valence-corrected chi connectivity index (χ2v) is 5.33. The van der Waals surface area contributed by atoms with Gasteiger partial charge < -0.3 is 10.1 Å². The highest BCUT2D eigenvalue weighted by molar-refractivity contribution is 5.81. The van der Waals surface area contributed by atoms with Crippen LogP contribution in [0.5, 0.6) is 0 Å². The highest BCUT2D eigenvalue weighted by Gasteiger charge is 2.25. The van der Waals surface area contributed by atoms with Gasteiger partial charge in [-0.1, -0.05) is 13.8 Å². The minimum Gasteiger partial charge on any atom is -0.374 e. The van der Waals surface area contributed by atoms with E-state index in [4.69, 9.17) is 4.74 Å². The number of hydrogen-bond acceptors (Lipinski definition) is 3. The Morgan fingerprint density at radius 1 is 1.27 bits per heavy atom. The van der Waals surface area contributed by atoms with Crippen molar-refractivity contribution in [3.05, 3.63) is 0 Å². The standard InChI is InChI=1S/C12H25NO2/c1-10(14)11(2,3)7-8-15-12(4,5)9-13-6/h13H,7-9H2,1-6H3.